The lowest BCUT2D eigenvalue weighted by molar-refractivity contribution is 0.959. The van der Waals surface area contributed by atoms with E-state index in [4.69, 9.17) is 0 Å². The van der Waals surface area contributed by atoms with Gasteiger partial charge in [0.1, 0.15) is 5.52 Å². The number of nitrogens with zero attached hydrogens (tertiary/aromatic N) is 2. The minimum absolute atomic E-state index is 0.878. The van der Waals surface area contributed by atoms with Crippen molar-refractivity contribution in [1.82, 2.24) is 15.4 Å². The lowest BCUT2D eigenvalue weighted by Crippen LogP contribution is -1.77. The SMILES string of the molecule is Brc1c2ccccc2cc2[nH]nnc12. The minimum atomic E-state index is 0.878. The summed E-state index contributed by atoms with van der Waals surface area (Å²) in [5.74, 6) is 0. The maximum Gasteiger partial charge on any atom is 0.127 e. The molecule has 0 unspecified atom stereocenters. The van der Waals surface area contributed by atoms with Gasteiger partial charge in [-0.15, -0.1) is 5.10 Å². The van der Waals surface area contributed by atoms with Gasteiger partial charge in [0.15, 0.2) is 0 Å². The molecule has 1 N–H and O–H groups in total. The van der Waals surface area contributed by atoms with E-state index in [1.807, 2.05) is 12.1 Å². The summed E-state index contributed by atoms with van der Waals surface area (Å²) in [4.78, 5) is 0. The van der Waals surface area contributed by atoms with Gasteiger partial charge in [0, 0.05) is 0 Å². The highest BCUT2D eigenvalue weighted by Gasteiger charge is 2.06. The molecule has 2 aromatic carbocycles. The summed E-state index contributed by atoms with van der Waals surface area (Å²) in [7, 11) is 0. The van der Waals surface area contributed by atoms with Gasteiger partial charge in [-0.05, 0) is 32.8 Å². The van der Waals surface area contributed by atoms with E-state index >= 15 is 0 Å². The summed E-state index contributed by atoms with van der Waals surface area (Å²) >= 11 is 3.54. The van der Waals surface area contributed by atoms with Crippen LogP contribution in [-0.2, 0) is 0 Å². The molecule has 3 aromatic rings. The van der Waals surface area contributed by atoms with Gasteiger partial charge in [-0.1, -0.05) is 29.5 Å². The van der Waals surface area contributed by atoms with Gasteiger partial charge in [0.2, 0.25) is 0 Å². The van der Waals surface area contributed by atoms with Gasteiger partial charge in [-0.3, -0.25) is 5.10 Å². The Morgan fingerprint density at radius 3 is 3.00 bits per heavy atom. The lowest BCUT2D eigenvalue weighted by atomic mass is 10.1. The first-order valence-electron chi connectivity index (χ1n) is 4.24. The van der Waals surface area contributed by atoms with Crippen LogP contribution in [-0.4, -0.2) is 15.4 Å². The first kappa shape index (κ1) is 7.94. The van der Waals surface area contributed by atoms with Crippen molar-refractivity contribution in [2.75, 3.05) is 0 Å². The number of halogens is 1. The van der Waals surface area contributed by atoms with E-state index in [0.29, 0.717) is 0 Å². The zero-order valence-electron chi connectivity index (χ0n) is 7.16. The monoisotopic (exact) mass is 247 g/mol. The molecule has 3 nitrogen and oxygen atoms in total. The molecule has 0 radical (unpaired) electrons. The summed E-state index contributed by atoms with van der Waals surface area (Å²) < 4.78 is 0.999. The van der Waals surface area contributed by atoms with Crippen LogP contribution < -0.4 is 0 Å². The number of benzene rings is 2. The summed E-state index contributed by atoms with van der Waals surface area (Å²) in [6, 6.07) is 10.2. The molecule has 0 aliphatic heterocycles. The molecule has 0 amide bonds. The van der Waals surface area contributed by atoms with Crippen molar-refractivity contribution >= 4 is 37.7 Å². The van der Waals surface area contributed by atoms with Crippen LogP contribution in [0.25, 0.3) is 21.8 Å². The number of rotatable bonds is 0. The quantitative estimate of drug-likeness (QED) is 0.664. The van der Waals surface area contributed by atoms with Crippen molar-refractivity contribution in [3.63, 3.8) is 0 Å². The summed E-state index contributed by atoms with van der Waals surface area (Å²) in [6.45, 7) is 0. The Labute approximate surface area is 88.2 Å². The van der Waals surface area contributed by atoms with Crippen molar-refractivity contribution in [2.24, 2.45) is 0 Å². The second-order valence-corrected chi connectivity index (χ2v) is 3.91. The number of nitrogens with one attached hydrogen (secondary N) is 1. The van der Waals surface area contributed by atoms with E-state index < -0.39 is 0 Å². The Morgan fingerprint density at radius 1 is 1.21 bits per heavy atom. The zero-order chi connectivity index (χ0) is 9.54. The van der Waals surface area contributed by atoms with E-state index in [0.717, 1.165) is 20.9 Å². The molecule has 0 aliphatic carbocycles. The topological polar surface area (TPSA) is 41.6 Å². The number of aromatic nitrogens is 3. The number of aromatic amines is 1. The highest BCUT2D eigenvalue weighted by Crippen LogP contribution is 2.29. The summed E-state index contributed by atoms with van der Waals surface area (Å²) in [6.07, 6.45) is 0. The number of H-pyrrole nitrogens is 1. The first-order chi connectivity index (χ1) is 6.86. The number of hydrogen-bond donors (Lipinski definition) is 1. The van der Waals surface area contributed by atoms with Gasteiger partial charge in [0.05, 0.1) is 9.99 Å². The molecule has 14 heavy (non-hydrogen) atoms. The molecule has 1 heterocycles. The largest absolute Gasteiger partial charge is 0.257 e. The maximum atomic E-state index is 4.02. The van der Waals surface area contributed by atoms with E-state index in [9.17, 15) is 0 Å². The van der Waals surface area contributed by atoms with Crippen molar-refractivity contribution in [2.45, 2.75) is 0 Å². The predicted molar refractivity (Wildman–Crippen MR) is 59.1 cm³/mol. The van der Waals surface area contributed by atoms with Crippen LogP contribution in [0.2, 0.25) is 0 Å². The standard InChI is InChI=1S/C10H6BrN3/c11-9-7-4-2-1-3-6(7)5-8-10(9)13-14-12-8/h1-5H,(H,12,13,14). The van der Waals surface area contributed by atoms with Gasteiger partial charge in [-0.2, -0.15) is 0 Å². The predicted octanol–water partition coefficient (Wildman–Crippen LogP) is 2.87. The molecular weight excluding hydrogens is 242 g/mol. The molecule has 0 spiro atoms. The Kier molecular flexibility index (Phi) is 1.58. The molecule has 0 bridgehead atoms. The maximum absolute atomic E-state index is 4.02. The van der Waals surface area contributed by atoms with Crippen LogP contribution in [0.3, 0.4) is 0 Å². The van der Waals surface area contributed by atoms with Gasteiger partial charge in [0.25, 0.3) is 0 Å². The molecule has 0 saturated carbocycles. The fraction of sp³-hybridized carbons (Fsp3) is 0. The minimum Gasteiger partial charge on any atom is -0.257 e. The smallest absolute Gasteiger partial charge is 0.127 e. The lowest BCUT2D eigenvalue weighted by Gasteiger charge is -1.99. The Hall–Kier alpha value is -1.42. The molecule has 4 heteroatoms. The normalized spacial score (nSPS) is 11.2. The number of fused-ring (bicyclic) bond motifs is 2. The van der Waals surface area contributed by atoms with E-state index in [1.165, 1.54) is 5.39 Å². The molecule has 0 aliphatic rings. The van der Waals surface area contributed by atoms with Crippen LogP contribution in [0.4, 0.5) is 0 Å². The average Bonchev–Trinajstić information content (AvgIpc) is 2.66. The summed E-state index contributed by atoms with van der Waals surface area (Å²) in [5.41, 5.74) is 1.83. The van der Waals surface area contributed by atoms with Gasteiger partial charge < -0.3 is 0 Å². The van der Waals surface area contributed by atoms with E-state index in [1.54, 1.807) is 0 Å². The van der Waals surface area contributed by atoms with Crippen molar-refractivity contribution in [3.05, 3.63) is 34.8 Å². The second kappa shape index (κ2) is 2.78. The van der Waals surface area contributed by atoms with Crippen LogP contribution in [0.15, 0.2) is 34.8 Å². The third-order valence-corrected chi connectivity index (χ3v) is 3.08. The molecular formula is C10H6BrN3. The fourth-order valence-corrected chi connectivity index (χ4v) is 2.26. The molecule has 3 rings (SSSR count). The van der Waals surface area contributed by atoms with Crippen molar-refractivity contribution in [1.29, 1.82) is 0 Å². The van der Waals surface area contributed by atoms with Gasteiger partial charge in [-0.25, -0.2) is 0 Å². The Bertz CT molecular complexity index is 615. The van der Waals surface area contributed by atoms with E-state index in [2.05, 4.69) is 49.5 Å². The molecule has 1 aromatic heterocycles. The first-order valence-corrected chi connectivity index (χ1v) is 5.03. The zero-order valence-corrected chi connectivity index (χ0v) is 8.75. The van der Waals surface area contributed by atoms with Crippen LogP contribution >= 0.6 is 15.9 Å². The van der Waals surface area contributed by atoms with E-state index in [-0.39, 0.29) is 0 Å². The van der Waals surface area contributed by atoms with Crippen LogP contribution in [0.1, 0.15) is 0 Å². The van der Waals surface area contributed by atoms with Gasteiger partial charge >= 0.3 is 0 Å². The fourth-order valence-electron chi connectivity index (χ4n) is 1.60. The average molecular weight is 248 g/mol. The van der Waals surface area contributed by atoms with Crippen molar-refractivity contribution < 1.29 is 0 Å². The molecule has 0 saturated heterocycles. The number of hydrogen-bond acceptors (Lipinski definition) is 2. The highest BCUT2D eigenvalue weighted by molar-refractivity contribution is 9.10. The molecule has 68 valence electrons. The Morgan fingerprint density at radius 2 is 2.07 bits per heavy atom. The highest BCUT2D eigenvalue weighted by atomic mass is 79.9. The molecule has 0 fully saturated rings. The Balaban J connectivity index is 2.63. The third kappa shape index (κ3) is 0.974. The van der Waals surface area contributed by atoms with Crippen molar-refractivity contribution in [3.8, 4) is 0 Å². The molecule has 0 atom stereocenters. The third-order valence-electron chi connectivity index (χ3n) is 2.28. The second-order valence-electron chi connectivity index (χ2n) is 3.12. The summed E-state index contributed by atoms with van der Waals surface area (Å²) in [5, 5.41) is 13.0. The van der Waals surface area contributed by atoms with Crippen LogP contribution in [0, 0.1) is 0 Å². The van der Waals surface area contributed by atoms with Crippen LogP contribution in [0.5, 0.6) is 0 Å².